The van der Waals surface area contributed by atoms with Crippen LogP contribution in [-0.2, 0) is 0 Å². The van der Waals surface area contributed by atoms with Crippen LogP contribution in [0.2, 0.25) is 5.02 Å². The summed E-state index contributed by atoms with van der Waals surface area (Å²) in [5, 5.41) is 4.35. The normalized spacial score (nSPS) is 21.2. The molecular formula is C21H23ClN4. The zero-order chi connectivity index (χ0) is 18.1. The minimum atomic E-state index is 0.334. The van der Waals surface area contributed by atoms with Crippen molar-refractivity contribution in [1.82, 2.24) is 20.2 Å². The monoisotopic (exact) mass is 366 g/mol. The van der Waals surface area contributed by atoms with Gasteiger partial charge in [-0.05, 0) is 61.0 Å². The summed E-state index contributed by atoms with van der Waals surface area (Å²) in [4.78, 5) is 11.5. The minimum Gasteiger partial charge on any atom is -0.311 e. The van der Waals surface area contributed by atoms with Gasteiger partial charge in [0.05, 0.1) is 11.0 Å². The fourth-order valence-corrected chi connectivity index (χ4v) is 3.99. The molecule has 1 saturated heterocycles. The Hall–Kier alpha value is -2.01. The van der Waals surface area contributed by atoms with Crippen molar-refractivity contribution >= 4 is 22.6 Å². The Morgan fingerprint density at radius 2 is 2.04 bits per heavy atom. The first-order valence-corrected chi connectivity index (χ1v) is 9.51. The second kappa shape index (κ2) is 7.31. The van der Waals surface area contributed by atoms with Gasteiger partial charge in [0.25, 0.3) is 0 Å². The minimum absolute atomic E-state index is 0.334. The SMILES string of the molecule is CCN1CC(C)NCC1c1cc(Cl)cc(-c2cnc3cccnc3c2)c1. The van der Waals surface area contributed by atoms with Crippen molar-refractivity contribution in [2.45, 2.75) is 25.9 Å². The molecule has 5 heteroatoms. The molecule has 26 heavy (non-hydrogen) atoms. The Kier molecular flexibility index (Phi) is 4.90. The molecule has 4 rings (SSSR count). The van der Waals surface area contributed by atoms with Crippen LogP contribution in [0.4, 0.5) is 0 Å². The van der Waals surface area contributed by atoms with Crippen LogP contribution >= 0.6 is 11.6 Å². The first-order valence-electron chi connectivity index (χ1n) is 9.13. The number of aromatic nitrogens is 2. The van der Waals surface area contributed by atoms with Crippen LogP contribution in [0.3, 0.4) is 0 Å². The zero-order valence-corrected chi connectivity index (χ0v) is 15.9. The zero-order valence-electron chi connectivity index (χ0n) is 15.1. The van der Waals surface area contributed by atoms with E-state index in [1.165, 1.54) is 5.56 Å². The average Bonchev–Trinajstić information content (AvgIpc) is 2.67. The molecule has 0 radical (unpaired) electrons. The average molecular weight is 367 g/mol. The number of likely N-dealkylation sites (N-methyl/N-ethyl adjacent to an activating group) is 1. The number of pyridine rings is 2. The van der Waals surface area contributed by atoms with Crippen LogP contribution < -0.4 is 5.32 Å². The molecule has 4 nitrogen and oxygen atoms in total. The summed E-state index contributed by atoms with van der Waals surface area (Å²) in [6, 6.07) is 13.1. The fraction of sp³-hybridized carbons (Fsp3) is 0.333. The Balaban J connectivity index is 1.73. The van der Waals surface area contributed by atoms with Crippen molar-refractivity contribution in [1.29, 1.82) is 0 Å². The van der Waals surface area contributed by atoms with Crippen molar-refractivity contribution in [3.8, 4) is 11.1 Å². The molecule has 134 valence electrons. The Morgan fingerprint density at radius 1 is 1.15 bits per heavy atom. The Morgan fingerprint density at radius 3 is 2.88 bits per heavy atom. The largest absolute Gasteiger partial charge is 0.311 e. The highest BCUT2D eigenvalue weighted by molar-refractivity contribution is 6.31. The molecule has 1 N–H and O–H groups in total. The lowest BCUT2D eigenvalue weighted by molar-refractivity contribution is 0.143. The van der Waals surface area contributed by atoms with E-state index in [1.54, 1.807) is 6.20 Å². The van der Waals surface area contributed by atoms with Crippen LogP contribution in [0.15, 0.2) is 48.8 Å². The van der Waals surface area contributed by atoms with E-state index in [2.05, 4.69) is 52.2 Å². The van der Waals surface area contributed by atoms with Gasteiger partial charge >= 0.3 is 0 Å². The lowest BCUT2D eigenvalue weighted by Crippen LogP contribution is -2.50. The highest BCUT2D eigenvalue weighted by Crippen LogP contribution is 2.31. The summed E-state index contributed by atoms with van der Waals surface area (Å²) in [5.74, 6) is 0. The maximum Gasteiger partial charge on any atom is 0.0892 e. The molecule has 2 aromatic heterocycles. The maximum absolute atomic E-state index is 6.48. The van der Waals surface area contributed by atoms with E-state index < -0.39 is 0 Å². The van der Waals surface area contributed by atoms with E-state index in [9.17, 15) is 0 Å². The number of nitrogens with one attached hydrogen (secondary N) is 1. The highest BCUT2D eigenvalue weighted by atomic mass is 35.5. The summed E-state index contributed by atoms with van der Waals surface area (Å²) < 4.78 is 0. The molecule has 2 unspecified atom stereocenters. The second-order valence-corrected chi connectivity index (χ2v) is 7.39. The molecular weight excluding hydrogens is 344 g/mol. The van der Waals surface area contributed by atoms with Gasteiger partial charge in [-0.15, -0.1) is 0 Å². The second-order valence-electron chi connectivity index (χ2n) is 6.95. The Bertz CT molecular complexity index is 927. The van der Waals surface area contributed by atoms with Gasteiger partial charge in [-0.1, -0.05) is 18.5 Å². The summed E-state index contributed by atoms with van der Waals surface area (Å²) in [6.07, 6.45) is 3.70. The quantitative estimate of drug-likeness (QED) is 0.750. The van der Waals surface area contributed by atoms with E-state index >= 15 is 0 Å². The number of hydrogen-bond donors (Lipinski definition) is 1. The van der Waals surface area contributed by atoms with Gasteiger partial charge < -0.3 is 5.32 Å². The van der Waals surface area contributed by atoms with Crippen LogP contribution in [0, 0.1) is 0 Å². The highest BCUT2D eigenvalue weighted by Gasteiger charge is 2.26. The van der Waals surface area contributed by atoms with Crippen LogP contribution in [-0.4, -0.2) is 40.5 Å². The summed E-state index contributed by atoms with van der Waals surface area (Å²) in [5.41, 5.74) is 5.17. The lowest BCUT2D eigenvalue weighted by Gasteiger charge is -2.39. The number of hydrogen-bond acceptors (Lipinski definition) is 4. The number of benzene rings is 1. The maximum atomic E-state index is 6.48. The van der Waals surface area contributed by atoms with Crippen LogP contribution in [0.5, 0.6) is 0 Å². The molecule has 0 amide bonds. The van der Waals surface area contributed by atoms with Gasteiger partial charge in [-0.25, -0.2) is 0 Å². The predicted octanol–water partition coefficient (Wildman–Crippen LogP) is 4.30. The van der Waals surface area contributed by atoms with Gasteiger partial charge in [0, 0.05) is 48.2 Å². The molecule has 1 fully saturated rings. The van der Waals surface area contributed by atoms with Gasteiger partial charge in [-0.3, -0.25) is 14.9 Å². The first kappa shape index (κ1) is 17.4. The molecule has 0 bridgehead atoms. The fourth-order valence-electron chi connectivity index (χ4n) is 3.75. The molecule has 1 aromatic carbocycles. The molecule has 3 aromatic rings. The molecule has 0 spiro atoms. The van der Waals surface area contributed by atoms with Crippen molar-refractivity contribution in [3.05, 3.63) is 59.4 Å². The van der Waals surface area contributed by atoms with Crippen molar-refractivity contribution in [2.75, 3.05) is 19.6 Å². The molecule has 0 saturated carbocycles. The van der Waals surface area contributed by atoms with E-state index in [0.717, 1.165) is 46.8 Å². The molecule has 1 aliphatic rings. The van der Waals surface area contributed by atoms with E-state index in [-0.39, 0.29) is 0 Å². The number of fused-ring (bicyclic) bond motifs is 1. The Labute approximate surface area is 159 Å². The van der Waals surface area contributed by atoms with Gasteiger partial charge in [0.2, 0.25) is 0 Å². The lowest BCUT2D eigenvalue weighted by atomic mass is 9.97. The van der Waals surface area contributed by atoms with Gasteiger partial charge in [0.15, 0.2) is 0 Å². The van der Waals surface area contributed by atoms with E-state index in [1.807, 2.05) is 24.4 Å². The standard InChI is InChI=1S/C21H23ClN4/c1-3-26-13-14(2)24-12-21(26)16-7-15(8-18(22)9-16)17-10-20-19(25-11-17)5-4-6-23-20/h4-11,14,21,24H,3,12-13H2,1-2H3. The van der Waals surface area contributed by atoms with E-state index in [0.29, 0.717) is 12.1 Å². The van der Waals surface area contributed by atoms with Crippen molar-refractivity contribution < 1.29 is 0 Å². The van der Waals surface area contributed by atoms with Gasteiger partial charge in [0.1, 0.15) is 0 Å². The van der Waals surface area contributed by atoms with Gasteiger partial charge in [-0.2, -0.15) is 0 Å². The third-order valence-electron chi connectivity index (χ3n) is 5.10. The number of halogens is 1. The number of nitrogens with zero attached hydrogens (tertiary/aromatic N) is 3. The summed E-state index contributed by atoms with van der Waals surface area (Å²) >= 11 is 6.48. The first-order chi connectivity index (χ1) is 12.6. The molecule has 0 aliphatic carbocycles. The number of piperazine rings is 1. The topological polar surface area (TPSA) is 41.0 Å². The smallest absolute Gasteiger partial charge is 0.0892 e. The predicted molar refractivity (Wildman–Crippen MR) is 107 cm³/mol. The van der Waals surface area contributed by atoms with Crippen LogP contribution in [0.1, 0.15) is 25.5 Å². The molecule has 2 atom stereocenters. The third kappa shape index (κ3) is 3.45. The molecule has 1 aliphatic heterocycles. The van der Waals surface area contributed by atoms with E-state index in [4.69, 9.17) is 11.6 Å². The number of rotatable bonds is 3. The molecule has 3 heterocycles. The third-order valence-corrected chi connectivity index (χ3v) is 5.32. The summed E-state index contributed by atoms with van der Waals surface area (Å²) in [7, 11) is 0. The van der Waals surface area contributed by atoms with Crippen molar-refractivity contribution in [3.63, 3.8) is 0 Å². The van der Waals surface area contributed by atoms with Crippen LogP contribution in [0.25, 0.3) is 22.2 Å². The summed E-state index contributed by atoms with van der Waals surface area (Å²) in [6.45, 7) is 7.46. The van der Waals surface area contributed by atoms with Crippen molar-refractivity contribution in [2.24, 2.45) is 0 Å².